The molecule has 2 nitrogen and oxygen atoms in total. The summed E-state index contributed by atoms with van der Waals surface area (Å²) in [4.78, 5) is 2.18. The van der Waals surface area contributed by atoms with E-state index < -0.39 is 0 Å². The molecule has 1 unspecified atom stereocenters. The molecule has 2 heteroatoms. The third-order valence-electron chi connectivity index (χ3n) is 2.08. The minimum atomic E-state index is 0.473. The maximum Gasteiger partial charge on any atom is 0.0490 e. The zero-order chi connectivity index (χ0) is 8.43. The van der Waals surface area contributed by atoms with E-state index in [1.54, 1.807) is 0 Å². The highest BCUT2D eigenvalue weighted by atomic mass is 15.1. The van der Waals surface area contributed by atoms with E-state index in [0.29, 0.717) is 6.04 Å². The Morgan fingerprint density at radius 1 is 1.45 bits per heavy atom. The zero-order valence-corrected chi connectivity index (χ0v) is 7.35. The van der Waals surface area contributed by atoms with Crippen molar-refractivity contribution in [3.05, 3.63) is 24.6 Å². The third kappa shape index (κ3) is 1.84. The van der Waals surface area contributed by atoms with Gasteiger partial charge in [0, 0.05) is 17.4 Å². The first-order valence-electron chi connectivity index (χ1n) is 3.91. The van der Waals surface area contributed by atoms with Crippen LogP contribution in [0, 0.1) is 0 Å². The van der Waals surface area contributed by atoms with Gasteiger partial charge in [0.25, 0.3) is 0 Å². The molecule has 0 aromatic heterocycles. The maximum atomic E-state index is 3.95. The number of piperidine rings is 1. The molecule has 1 fully saturated rings. The summed E-state index contributed by atoms with van der Waals surface area (Å²) in [5.74, 6) is 0. The van der Waals surface area contributed by atoms with Gasteiger partial charge in [-0.3, -0.25) is 0 Å². The zero-order valence-electron chi connectivity index (χ0n) is 7.35. The SMILES string of the molecule is C=C1CCC(N(C)C)C(=C)N1. The molecule has 1 heterocycles. The van der Waals surface area contributed by atoms with Crippen LogP contribution in [0.4, 0.5) is 0 Å². The van der Waals surface area contributed by atoms with Crippen molar-refractivity contribution in [2.75, 3.05) is 14.1 Å². The quantitative estimate of drug-likeness (QED) is 0.609. The van der Waals surface area contributed by atoms with Crippen molar-refractivity contribution >= 4 is 0 Å². The van der Waals surface area contributed by atoms with Crippen LogP contribution < -0.4 is 5.32 Å². The fraction of sp³-hybridized carbons (Fsp3) is 0.556. The standard InChI is InChI=1S/C9H16N2/c1-7-5-6-9(11(3)4)8(2)10-7/h9-10H,1-2,5-6H2,3-4H3. The van der Waals surface area contributed by atoms with E-state index in [1.165, 1.54) is 0 Å². The Labute approximate surface area is 68.6 Å². The molecule has 0 amide bonds. The van der Waals surface area contributed by atoms with E-state index in [4.69, 9.17) is 0 Å². The number of hydrogen-bond acceptors (Lipinski definition) is 2. The van der Waals surface area contributed by atoms with Crippen LogP contribution in [-0.2, 0) is 0 Å². The Kier molecular flexibility index (Phi) is 2.35. The summed E-state index contributed by atoms with van der Waals surface area (Å²) < 4.78 is 0. The van der Waals surface area contributed by atoms with Gasteiger partial charge in [0.2, 0.25) is 0 Å². The molecule has 1 aliphatic heterocycles. The smallest absolute Gasteiger partial charge is 0.0490 e. The summed E-state index contributed by atoms with van der Waals surface area (Å²) in [6.45, 7) is 7.82. The number of nitrogens with zero attached hydrogens (tertiary/aromatic N) is 1. The average Bonchev–Trinajstić information content (AvgIpc) is 1.85. The van der Waals surface area contributed by atoms with Crippen molar-refractivity contribution in [2.45, 2.75) is 18.9 Å². The second-order valence-electron chi connectivity index (χ2n) is 3.27. The summed E-state index contributed by atoms with van der Waals surface area (Å²) in [5.41, 5.74) is 2.17. The minimum absolute atomic E-state index is 0.473. The number of nitrogens with one attached hydrogen (secondary N) is 1. The molecular weight excluding hydrogens is 136 g/mol. The van der Waals surface area contributed by atoms with Crippen molar-refractivity contribution in [2.24, 2.45) is 0 Å². The van der Waals surface area contributed by atoms with Crippen LogP contribution in [0.1, 0.15) is 12.8 Å². The second kappa shape index (κ2) is 3.09. The second-order valence-corrected chi connectivity index (χ2v) is 3.27. The van der Waals surface area contributed by atoms with Crippen molar-refractivity contribution in [3.63, 3.8) is 0 Å². The predicted octanol–water partition coefficient (Wildman–Crippen LogP) is 1.33. The van der Waals surface area contributed by atoms with Crippen LogP contribution in [-0.4, -0.2) is 25.0 Å². The highest BCUT2D eigenvalue weighted by Crippen LogP contribution is 2.19. The molecule has 0 aromatic rings. The lowest BCUT2D eigenvalue weighted by atomic mass is 10.0. The molecule has 1 atom stereocenters. The Morgan fingerprint density at radius 3 is 2.55 bits per heavy atom. The van der Waals surface area contributed by atoms with Gasteiger partial charge in [0.15, 0.2) is 0 Å². The van der Waals surface area contributed by atoms with Gasteiger partial charge in [-0.05, 0) is 26.9 Å². The largest absolute Gasteiger partial charge is 0.362 e. The summed E-state index contributed by atoms with van der Waals surface area (Å²) >= 11 is 0. The van der Waals surface area contributed by atoms with E-state index in [-0.39, 0.29) is 0 Å². The monoisotopic (exact) mass is 152 g/mol. The molecule has 0 saturated carbocycles. The Hall–Kier alpha value is -0.760. The molecule has 1 saturated heterocycles. The van der Waals surface area contributed by atoms with E-state index in [0.717, 1.165) is 24.2 Å². The summed E-state index contributed by atoms with van der Waals surface area (Å²) in [7, 11) is 4.15. The Balaban J connectivity index is 2.57. The molecule has 1 aliphatic rings. The highest BCUT2D eigenvalue weighted by molar-refractivity contribution is 5.16. The summed E-state index contributed by atoms with van der Waals surface area (Å²) in [5, 5.41) is 3.18. The highest BCUT2D eigenvalue weighted by Gasteiger charge is 2.19. The van der Waals surface area contributed by atoms with Crippen LogP contribution in [0.2, 0.25) is 0 Å². The van der Waals surface area contributed by atoms with Crippen molar-refractivity contribution < 1.29 is 0 Å². The van der Waals surface area contributed by atoms with Crippen molar-refractivity contribution in [1.82, 2.24) is 10.2 Å². The van der Waals surface area contributed by atoms with E-state index >= 15 is 0 Å². The van der Waals surface area contributed by atoms with Gasteiger partial charge in [-0.25, -0.2) is 0 Å². The molecule has 11 heavy (non-hydrogen) atoms. The van der Waals surface area contributed by atoms with Gasteiger partial charge >= 0.3 is 0 Å². The molecular formula is C9H16N2. The van der Waals surface area contributed by atoms with E-state index in [9.17, 15) is 0 Å². The van der Waals surface area contributed by atoms with Crippen LogP contribution in [0.15, 0.2) is 24.6 Å². The van der Waals surface area contributed by atoms with Gasteiger partial charge < -0.3 is 10.2 Å². The van der Waals surface area contributed by atoms with Crippen LogP contribution in [0.5, 0.6) is 0 Å². The van der Waals surface area contributed by atoms with Crippen molar-refractivity contribution in [1.29, 1.82) is 0 Å². The first-order chi connectivity index (χ1) is 5.11. The van der Waals surface area contributed by atoms with Crippen LogP contribution in [0.3, 0.4) is 0 Å². The van der Waals surface area contributed by atoms with Crippen LogP contribution in [0.25, 0.3) is 0 Å². The lowest BCUT2D eigenvalue weighted by Gasteiger charge is -2.32. The number of allylic oxidation sites excluding steroid dienone is 1. The lowest BCUT2D eigenvalue weighted by Crippen LogP contribution is -2.38. The first-order valence-corrected chi connectivity index (χ1v) is 3.91. The number of rotatable bonds is 1. The van der Waals surface area contributed by atoms with Gasteiger partial charge in [0.1, 0.15) is 0 Å². The summed E-state index contributed by atoms with van der Waals surface area (Å²) in [6.07, 6.45) is 2.19. The Bertz CT molecular complexity index is 182. The lowest BCUT2D eigenvalue weighted by molar-refractivity contribution is 0.292. The Morgan fingerprint density at radius 2 is 2.09 bits per heavy atom. The number of likely N-dealkylation sites (N-methyl/N-ethyl adjacent to an activating group) is 1. The number of hydrogen-bond donors (Lipinski definition) is 1. The molecule has 62 valence electrons. The van der Waals surface area contributed by atoms with Gasteiger partial charge in [-0.2, -0.15) is 0 Å². The summed E-state index contributed by atoms with van der Waals surface area (Å²) in [6, 6.07) is 0.473. The fourth-order valence-corrected chi connectivity index (χ4v) is 1.43. The van der Waals surface area contributed by atoms with E-state index in [2.05, 4.69) is 37.5 Å². The van der Waals surface area contributed by atoms with Gasteiger partial charge in [-0.1, -0.05) is 13.2 Å². The normalized spacial score (nSPS) is 25.5. The minimum Gasteiger partial charge on any atom is -0.362 e. The molecule has 0 aromatic carbocycles. The topological polar surface area (TPSA) is 15.3 Å². The third-order valence-corrected chi connectivity index (χ3v) is 2.08. The van der Waals surface area contributed by atoms with Gasteiger partial charge in [-0.15, -0.1) is 0 Å². The fourth-order valence-electron chi connectivity index (χ4n) is 1.43. The van der Waals surface area contributed by atoms with Gasteiger partial charge in [0.05, 0.1) is 0 Å². The average molecular weight is 152 g/mol. The molecule has 0 spiro atoms. The molecule has 0 radical (unpaired) electrons. The van der Waals surface area contributed by atoms with E-state index in [1.807, 2.05) is 0 Å². The van der Waals surface area contributed by atoms with Crippen molar-refractivity contribution in [3.8, 4) is 0 Å². The first kappa shape index (κ1) is 8.34. The molecule has 1 N–H and O–H groups in total. The predicted molar refractivity (Wildman–Crippen MR) is 48.1 cm³/mol. The van der Waals surface area contributed by atoms with Crippen LogP contribution >= 0.6 is 0 Å². The maximum absolute atomic E-state index is 3.95. The molecule has 1 rings (SSSR count). The molecule has 0 aliphatic carbocycles. The molecule has 0 bridgehead atoms.